The van der Waals surface area contributed by atoms with Crippen molar-refractivity contribution in [3.05, 3.63) is 0 Å². The van der Waals surface area contributed by atoms with Gasteiger partial charge in [0.25, 0.3) is 0 Å². The van der Waals surface area contributed by atoms with E-state index in [-0.39, 0.29) is 12.1 Å². The summed E-state index contributed by atoms with van der Waals surface area (Å²) in [6.07, 6.45) is 20.5. The predicted molar refractivity (Wildman–Crippen MR) is 112 cm³/mol. The van der Waals surface area contributed by atoms with Crippen LogP contribution in [-0.4, -0.2) is 49.5 Å². The van der Waals surface area contributed by atoms with Gasteiger partial charge in [0.1, 0.15) is 0 Å². The molecule has 0 amide bonds. The Morgan fingerprint density at radius 3 is 1.20 bits per heavy atom. The zero-order valence-corrected chi connectivity index (χ0v) is 17.6. The van der Waals surface area contributed by atoms with Gasteiger partial charge in [0.15, 0.2) is 0 Å². The lowest BCUT2D eigenvalue weighted by molar-refractivity contribution is 0.353. The Hall–Kier alpha value is -2.48. The fourth-order valence-corrected chi connectivity index (χ4v) is 3.99. The molecule has 3 rings (SSSR count). The Balaban J connectivity index is 0.000000225. The van der Waals surface area contributed by atoms with Crippen molar-refractivity contribution in [2.45, 2.75) is 89.1 Å². The minimum Gasteiger partial charge on any atom is -0.211 e. The van der Waals surface area contributed by atoms with E-state index < -0.39 is 0 Å². The van der Waals surface area contributed by atoms with Crippen molar-refractivity contribution in [2.75, 3.05) is 13.1 Å². The Bertz CT molecular complexity index is 599. The lowest BCUT2D eigenvalue weighted by Gasteiger charge is -2.26. The first kappa shape index (κ1) is 25.6. The second-order valence-electron chi connectivity index (χ2n) is 8.09. The van der Waals surface area contributed by atoms with E-state index in [0.717, 1.165) is 0 Å². The molecule has 3 saturated carbocycles. The van der Waals surface area contributed by atoms with E-state index in [9.17, 15) is 19.2 Å². The van der Waals surface area contributed by atoms with Crippen LogP contribution in [0.1, 0.15) is 77.0 Å². The van der Waals surface area contributed by atoms with E-state index in [1.54, 1.807) is 12.2 Å². The third kappa shape index (κ3) is 12.2. The summed E-state index contributed by atoms with van der Waals surface area (Å²) in [6.45, 7) is 1.42. The molecule has 0 saturated heterocycles. The monoisotopic (exact) mass is 416 g/mol. The van der Waals surface area contributed by atoms with Gasteiger partial charge in [-0.15, -0.1) is 0 Å². The molecule has 0 aliphatic heterocycles. The maximum absolute atomic E-state index is 9.76. The van der Waals surface area contributed by atoms with Crippen LogP contribution in [0.25, 0.3) is 0 Å². The van der Waals surface area contributed by atoms with Gasteiger partial charge in [-0.1, -0.05) is 38.5 Å². The molecule has 3 aliphatic carbocycles. The molecule has 0 N–H and O–H groups in total. The molecule has 3 fully saturated rings. The quantitative estimate of drug-likeness (QED) is 0.480. The molecule has 0 heterocycles. The lowest BCUT2D eigenvalue weighted by Crippen LogP contribution is -2.30. The molecule has 0 bridgehead atoms. The zero-order chi connectivity index (χ0) is 21.9. The molecule has 0 radical (unpaired) electrons. The molecule has 0 spiro atoms. The summed E-state index contributed by atoms with van der Waals surface area (Å²) in [4.78, 5) is 53.0. The summed E-state index contributed by atoms with van der Waals surface area (Å²) in [5.74, 6) is 1.35. The number of carbonyl (C=O) groups excluding carboxylic acids is 4. The first-order valence-electron chi connectivity index (χ1n) is 10.9. The zero-order valence-electron chi connectivity index (χ0n) is 17.6. The first-order valence-corrected chi connectivity index (χ1v) is 10.9. The van der Waals surface area contributed by atoms with E-state index in [2.05, 4.69) is 20.0 Å². The van der Waals surface area contributed by atoms with E-state index in [1.165, 1.54) is 76.4 Å². The topological polar surface area (TPSA) is 118 Å². The number of rotatable bonds is 6. The maximum Gasteiger partial charge on any atom is 0.235 e. The van der Waals surface area contributed by atoms with Gasteiger partial charge in [0.05, 0.1) is 25.2 Å². The molecule has 0 aromatic rings. The fraction of sp³-hybridized carbons (Fsp3) is 0.818. The molecule has 8 nitrogen and oxygen atoms in total. The van der Waals surface area contributed by atoms with Crippen molar-refractivity contribution in [3.63, 3.8) is 0 Å². The van der Waals surface area contributed by atoms with Crippen molar-refractivity contribution in [3.8, 4) is 0 Å². The predicted octanol–water partition coefficient (Wildman–Crippen LogP) is 3.99. The average molecular weight is 417 g/mol. The largest absolute Gasteiger partial charge is 0.235 e. The van der Waals surface area contributed by atoms with Crippen molar-refractivity contribution in [2.24, 2.45) is 31.8 Å². The molecular weight excluding hydrogens is 384 g/mol. The molecule has 0 aromatic heterocycles. The van der Waals surface area contributed by atoms with Crippen molar-refractivity contribution in [1.29, 1.82) is 0 Å². The van der Waals surface area contributed by atoms with E-state index in [0.29, 0.717) is 37.8 Å². The Kier molecular flexibility index (Phi) is 14.8. The van der Waals surface area contributed by atoms with Crippen LogP contribution in [-0.2, 0) is 19.2 Å². The van der Waals surface area contributed by atoms with Crippen LogP contribution >= 0.6 is 0 Å². The molecule has 3 aliphatic rings. The Morgan fingerprint density at radius 1 is 0.533 bits per heavy atom. The van der Waals surface area contributed by atoms with E-state index in [4.69, 9.17) is 0 Å². The van der Waals surface area contributed by atoms with Crippen molar-refractivity contribution in [1.82, 2.24) is 0 Å². The number of aliphatic imine (C=N–C) groups is 4. The highest BCUT2D eigenvalue weighted by Crippen LogP contribution is 2.25. The molecule has 164 valence electrons. The third-order valence-electron chi connectivity index (χ3n) is 5.84. The molecule has 0 aromatic carbocycles. The summed E-state index contributed by atoms with van der Waals surface area (Å²) >= 11 is 0. The molecular formula is C22H32N4O4. The van der Waals surface area contributed by atoms with Crippen LogP contribution < -0.4 is 0 Å². The highest BCUT2D eigenvalue weighted by Gasteiger charge is 2.28. The first-order chi connectivity index (χ1) is 14.7. The van der Waals surface area contributed by atoms with Gasteiger partial charge in [-0.2, -0.15) is 0 Å². The van der Waals surface area contributed by atoms with Gasteiger partial charge >= 0.3 is 0 Å². The van der Waals surface area contributed by atoms with Gasteiger partial charge in [-0.05, 0) is 50.4 Å². The molecule has 0 atom stereocenters. The van der Waals surface area contributed by atoms with Gasteiger partial charge in [-0.25, -0.2) is 39.1 Å². The average Bonchev–Trinajstić information content (AvgIpc) is 2.77. The molecule has 8 heteroatoms. The summed E-state index contributed by atoms with van der Waals surface area (Å²) < 4.78 is 0. The van der Waals surface area contributed by atoms with Crippen LogP contribution in [0.2, 0.25) is 0 Å². The van der Waals surface area contributed by atoms with Crippen molar-refractivity contribution < 1.29 is 19.2 Å². The number of hydrogen-bond acceptors (Lipinski definition) is 8. The van der Waals surface area contributed by atoms with E-state index >= 15 is 0 Å². The summed E-state index contributed by atoms with van der Waals surface area (Å²) in [5.41, 5.74) is 0. The summed E-state index contributed by atoms with van der Waals surface area (Å²) in [6, 6.07) is 0.0826. The number of isocyanates is 4. The number of nitrogens with zero attached hydrogens (tertiary/aromatic N) is 4. The minimum atomic E-state index is 0.0413. The van der Waals surface area contributed by atoms with Gasteiger partial charge in [0, 0.05) is 0 Å². The normalized spacial score (nSPS) is 23.1. The minimum absolute atomic E-state index is 0.0413. The van der Waals surface area contributed by atoms with Crippen LogP contribution in [0.3, 0.4) is 0 Å². The summed E-state index contributed by atoms with van der Waals surface area (Å²) in [5, 5.41) is 0. The van der Waals surface area contributed by atoms with Gasteiger partial charge in [0.2, 0.25) is 24.3 Å². The van der Waals surface area contributed by atoms with Crippen molar-refractivity contribution >= 4 is 24.3 Å². The van der Waals surface area contributed by atoms with Gasteiger partial charge in [-0.3, -0.25) is 0 Å². The van der Waals surface area contributed by atoms with Crippen LogP contribution in [0.15, 0.2) is 20.0 Å². The number of hydrogen-bond donors (Lipinski definition) is 0. The van der Waals surface area contributed by atoms with Gasteiger partial charge < -0.3 is 0 Å². The van der Waals surface area contributed by atoms with Crippen LogP contribution in [0.4, 0.5) is 0 Å². The standard InChI is InChI=1S/2C8H13NO.C6H6N2O2/c2*10-7-9-6-8-4-2-1-3-5-8;9-3-7-5-1-6(2-5)8-4-10/h2*8H,1-6H2;5-6H,1-2H2. The highest BCUT2D eigenvalue weighted by atomic mass is 16.1. The van der Waals surface area contributed by atoms with E-state index in [1.807, 2.05) is 0 Å². The second kappa shape index (κ2) is 17.4. The third-order valence-corrected chi connectivity index (χ3v) is 5.84. The summed E-state index contributed by atoms with van der Waals surface area (Å²) in [7, 11) is 0. The maximum atomic E-state index is 9.76. The second-order valence-corrected chi connectivity index (χ2v) is 8.09. The highest BCUT2D eigenvalue weighted by molar-refractivity contribution is 5.36. The molecule has 0 unspecified atom stereocenters. The SMILES string of the molecule is O=C=NC1CC(N=C=O)C1.O=C=NCC1CCCCC1.O=C=NCC1CCCCC1. The van der Waals surface area contributed by atoms with Crippen LogP contribution in [0, 0.1) is 11.8 Å². The fourth-order valence-electron chi connectivity index (χ4n) is 3.99. The smallest absolute Gasteiger partial charge is 0.211 e. The molecule has 30 heavy (non-hydrogen) atoms. The lowest BCUT2D eigenvalue weighted by atomic mass is 9.88. The Labute approximate surface area is 178 Å². The Morgan fingerprint density at radius 2 is 0.900 bits per heavy atom. The van der Waals surface area contributed by atoms with Crippen LogP contribution in [0.5, 0.6) is 0 Å².